The minimum absolute atomic E-state index is 0.105. The van der Waals surface area contributed by atoms with Crippen LogP contribution in [0.1, 0.15) is 19.2 Å². The van der Waals surface area contributed by atoms with Crippen LogP contribution < -0.4 is 10.6 Å². The third-order valence-corrected chi connectivity index (χ3v) is 2.10. The van der Waals surface area contributed by atoms with Crippen molar-refractivity contribution in [1.82, 2.24) is 20.1 Å². The van der Waals surface area contributed by atoms with Gasteiger partial charge < -0.3 is 15.2 Å². The molecule has 2 rings (SSSR count). The van der Waals surface area contributed by atoms with Gasteiger partial charge >= 0.3 is 0 Å². The number of hydrogen-bond acceptors (Lipinski definition) is 7. The average molecular weight is 252 g/mol. The molecule has 0 saturated carbocycles. The van der Waals surface area contributed by atoms with Crippen molar-refractivity contribution in [2.24, 2.45) is 0 Å². The van der Waals surface area contributed by atoms with Crippen LogP contribution in [0.2, 0.25) is 0 Å². The largest absolute Gasteiger partial charge is 0.360 e. The highest BCUT2D eigenvalue weighted by molar-refractivity contribution is 5.40. The highest BCUT2D eigenvalue weighted by Crippen LogP contribution is 2.12. The van der Waals surface area contributed by atoms with E-state index in [1.807, 2.05) is 6.92 Å². The van der Waals surface area contributed by atoms with Crippen molar-refractivity contribution in [3.05, 3.63) is 24.2 Å². The van der Waals surface area contributed by atoms with Crippen LogP contribution in [-0.4, -0.2) is 26.7 Å². The van der Waals surface area contributed by atoms with Crippen molar-refractivity contribution in [3.8, 4) is 0 Å². The Morgan fingerprint density at radius 1 is 1.33 bits per heavy atom. The van der Waals surface area contributed by atoms with Gasteiger partial charge in [-0.15, -0.1) is 0 Å². The molecule has 0 saturated heterocycles. The molecule has 0 radical (unpaired) electrons. The summed E-state index contributed by atoms with van der Waals surface area (Å²) in [6.07, 6.45) is 3.26. The van der Waals surface area contributed by atoms with Gasteiger partial charge in [-0.1, -0.05) is 12.1 Å². The molecular weight excluding hydrogens is 239 g/mol. The summed E-state index contributed by atoms with van der Waals surface area (Å²) < 4.78 is 18.0. The highest BCUT2D eigenvalue weighted by Gasteiger charge is 2.07. The topological polar surface area (TPSA) is 88.8 Å². The number of hydrogen-bond donors (Lipinski definition) is 2. The summed E-state index contributed by atoms with van der Waals surface area (Å²) >= 11 is 0. The first-order chi connectivity index (χ1) is 8.79. The number of anilines is 2. The second kappa shape index (κ2) is 5.89. The van der Waals surface area contributed by atoms with Crippen LogP contribution in [0.25, 0.3) is 0 Å². The van der Waals surface area contributed by atoms with Crippen LogP contribution in [0.3, 0.4) is 0 Å². The first-order valence-corrected chi connectivity index (χ1v) is 5.55. The van der Waals surface area contributed by atoms with Crippen LogP contribution in [0.5, 0.6) is 0 Å². The molecule has 8 heteroatoms. The van der Waals surface area contributed by atoms with Crippen LogP contribution in [0.15, 0.2) is 17.1 Å². The smallest absolute Gasteiger partial charge is 0.224 e. The van der Waals surface area contributed by atoms with Crippen LogP contribution in [-0.2, 0) is 6.54 Å². The van der Waals surface area contributed by atoms with Gasteiger partial charge in [-0.2, -0.15) is 9.97 Å². The molecule has 2 heterocycles. The Kier molecular flexibility index (Phi) is 4.00. The minimum Gasteiger partial charge on any atom is -0.360 e. The maximum absolute atomic E-state index is 13.4. The molecule has 2 N–H and O–H groups in total. The molecule has 96 valence electrons. The Hall–Kier alpha value is -2.25. The van der Waals surface area contributed by atoms with E-state index in [1.165, 1.54) is 6.39 Å². The normalized spacial score (nSPS) is 10.3. The summed E-state index contributed by atoms with van der Waals surface area (Å²) in [7, 11) is 0. The molecular formula is C10H13FN6O. The number of halogens is 1. The van der Waals surface area contributed by atoms with Crippen molar-refractivity contribution in [2.75, 3.05) is 17.2 Å². The molecule has 0 aliphatic carbocycles. The van der Waals surface area contributed by atoms with E-state index in [0.717, 1.165) is 19.2 Å². The standard InChI is InChI=1S/C10H13FN6O/c1-2-3-12-10-14-4-7(11)9(16-10)13-5-8-15-6-18-17-8/h4,6H,2-3,5H2,1H3,(H2,12,13,14,16). The van der Waals surface area contributed by atoms with E-state index in [9.17, 15) is 4.39 Å². The summed E-state index contributed by atoms with van der Waals surface area (Å²) in [5.74, 6) is 0.388. The first-order valence-electron chi connectivity index (χ1n) is 5.55. The lowest BCUT2D eigenvalue weighted by molar-refractivity contribution is 0.411. The summed E-state index contributed by atoms with van der Waals surface area (Å²) in [6, 6.07) is 0. The summed E-state index contributed by atoms with van der Waals surface area (Å²) in [5.41, 5.74) is 0. The van der Waals surface area contributed by atoms with E-state index in [1.54, 1.807) is 0 Å². The second-order valence-electron chi connectivity index (χ2n) is 3.52. The molecule has 0 bridgehead atoms. The Morgan fingerprint density at radius 2 is 2.22 bits per heavy atom. The molecule has 0 fully saturated rings. The lowest BCUT2D eigenvalue weighted by atomic mass is 10.5. The minimum atomic E-state index is -0.527. The lowest BCUT2D eigenvalue weighted by Crippen LogP contribution is -2.09. The molecule has 0 aliphatic rings. The van der Waals surface area contributed by atoms with Gasteiger partial charge in [-0.05, 0) is 6.42 Å². The van der Waals surface area contributed by atoms with Gasteiger partial charge in [-0.25, -0.2) is 9.37 Å². The molecule has 0 aromatic carbocycles. The molecule has 0 amide bonds. The van der Waals surface area contributed by atoms with Gasteiger partial charge in [-0.3, -0.25) is 0 Å². The molecule has 0 unspecified atom stereocenters. The summed E-state index contributed by atoms with van der Waals surface area (Å²) in [5, 5.41) is 9.36. The van der Waals surface area contributed by atoms with E-state index >= 15 is 0 Å². The fourth-order valence-corrected chi connectivity index (χ4v) is 1.25. The Morgan fingerprint density at radius 3 is 2.94 bits per heavy atom. The van der Waals surface area contributed by atoms with Crippen LogP contribution in [0, 0.1) is 5.82 Å². The Balaban J connectivity index is 2.01. The van der Waals surface area contributed by atoms with Crippen LogP contribution in [0.4, 0.5) is 16.2 Å². The lowest BCUT2D eigenvalue weighted by Gasteiger charge is -2.07. The van der Waals surface area contributed by atoms with E-state index in [0.29, 0.717) is 11.8 Å². The maximum atomic E-state index is 13.4. The predicted molar refractivity (Wildman–Crippen MR) is 62.4 cm³/mol. The zero-order chi connectivity index (χ0) is 12.8. The van der Waals surface area contributed by atoms with Gasteiger partial charge in [0.05, 0.1) is 12.7 Å². The number of aromatic nitrogens is 4. The van der Waals surface area contributed by atoms with Crippen LogP contribution >= 0.6 is 0 Å². The van der Waals surface area contributed by atoms with E-state index in [-0.39, 0.29) is 12.4 Å². The predicted octanol–water partition coefficient (Wildman–Crippen LogP) is 1.43. The molecule has 2 aromatic rings. The van der Waals surface area contributed by atoms with Crippen molar-refractivity contribution >= 4 is 11.8 Å². The van der Waals surface area contributed by atoms with Crippen molar-refractivity contribution in [2.45, 2.75) is 19.9 Å². The number of nitrogens with one attached hydrogen (secondary N) is 2. The van der Waals surface area contributed by atoms with E-state index in [4.69, 9.17) is 0 Å². The fourth-order valence-electron chi connectivity index (χ4n) is 1.25. The summed E-state index contributed by atoms with van der Waals surface area (Å²) in [4.78, 5) is 11.7. The second-order valence-corrected chi connectivity index (χ2v) is 3.52. The Bertz CT molecular complexity index is 489. The SMILES string of the molecule is CCCNc1ncc(F)c(NCc2ncon2)n1. The maximum Gasteiger partial charge on any atom is 0.224 e. The highest BCUT2D eigenvalue weighted by atomic mass is 19.1. The zero-order valence-corrected chi connectivity index (χ0v) is 9.85. The molecule has 18 heavy (non-hydrogen) atoms. The fraction of sp³-hybridized carbons (Fsp3) is 0.400. The van der Waals surface area contributed by atoms with Gasteiger partial charge in [0.1, 0.15) is 0 Å². The third-order valence-electron chi connectivity index (χ3n) is 2.10. The summed E-state index contributed by atoms with van der Waals surface area (Å²) in [6.45, 7) is 2.99. The van der Waals surface area contributed by atoms with Crippen molar-refractivity contribution in [3.63, 3.8) is 0 Å². The van der Waals surface area contributed by atoms with E-state index < -0.39 is 5.82 Å². The van der Waals surface area contributed by atoms with Gasteiger partial charge in [0, 0.05) is 6.54 Å². The van der Waals surface area contributed by atoms with Gasteiger partial charge in [0.15, 0.2) is 17.5 Å². The van der Waals surface area contributed by atoms with Gasteiger partial charge in [0.2, 0.25) is 12.3 Å². The van der Waals surface area contributed by atoms with Crippen molar-refractivity contribution < 1.29 is 8.91 Å². The van der Waals surface area contributed by atoms with Crippen molar-refractivity contribution in [1.29, 1.82) is 0 Å². The molecule has 7 nitrogen and oxygen atoms in total. The quantitative estimate of drug-likeness (QED) is 0.803. The molecule has 0 aliphatic heterocycles. The number of rotatable bonds is 6. The van der Waals surface area contributed by atoms with Gasteiger partial charge in [0.25, 0.3) is 0 Å². The number of nitrogens with zero attached hydrogens (tertiary/aromatic N) is 4. The zero-order valence-electron chi connectivity index (χ0n) is 9.85. The third kappa shape index (κ3) is 3.12. The monoisotopic (exact) mass is 252 g/mol. The first kappa shape index (κ1) is 12.2. The molecule has 0 spiro atoms. The Labute approximate surface area is 103 Å². The molecule has 2 aromatic heterocycles. The molecule has 0 atom stereocenters. The van der Waals surface area contributed by atoms with E-state index in [2.05, 4.69) is 35.3 Å². The average Bonchev–Trinajstić information content (AvgIpc) is 2.89.